The van der Waals surface area contributed by atoms with Gasteiger partial charge in [0.1, 0.15) is 6.61 Å². The summed E-state index contributed by atoms with van der Waals surface area (Å²) in [6, 6.07) is -0.620. The van der Waals surface area contributed by atoms with Crippen LogP contribution in [0.2, 0.25) is 0 Å². The first kappa shape index (κ1) is 50.3. The number of hydrogen-bond acceptors (Lipinski definition) is 6. The maximum Gasteiger partial charge on any atom is 0.362 e. The molecule has 0 heterocycles. The summed E-state index contributed by atoms with van der Waals surface area (Å²) in [7, 11) is 5.50. The Morgan fingerprint density at radius 1 is 0.604 bits per heavy atom. The zero-order chi connectivity index (χ0) is 39.3. The van der Waals surface area contributed by atoms with E-state index in [9.17, 15) is 19.5 Å². The third kappa shape index (κ3) is 34.8. The van der Waals surface area contributed by atoms with Gasteiger partial charge in [0.25, 0.3) is 0 Å². The molecule has 0 aliphatic heterocycles. The zero-order valence-corrected chi connectivity index (χ0v) is 34.7. The van der Waals surface area contributed by atoms with Crippen molar-refractivity contribution in [3.63, 3.8) is 0 Å². The summed E-state index contributed by atoms with van der Waals surface area (Å²) < 4.78 is 17.2. The van der Waals surface area contributed by atoms with Crippen LogP contribution in [0.5, 0.6) is 0 Å². The molecular formula is C45H80NO7+. The van der Waals surface area contributed by atoms with Crippen LogP contribution in [0.3, 0.4) is 0 Å². The Morgan fingerprint density at radius 3 is 1.70 bits per heavy atom. The Balaban J connectivity index is 4.26. The molecular weight excluding hydrogens is 666 g/mol. The molecule has 0 aromatic rings. The molecule has 8 nitrogen and oxygen atoms in total. The number of carboxylic acid groups (broad SMARTS) is 1. The molecule has 0 fully saturated rings. The maximum atomic E-state index is 12.6. The molecule has 2 atom stereocenters. The number of quaternary nitrogens is 1. The molecule has 1 N–H and O–H groups in total. The van der Waals surface area contributed by atoms with Crippen LogP contribution in [-0.4, -0.2) is 80.6 Å². The van der Waals surface area contributed by atoms with Gasteiger partial charge in [0, 0.05) is 19.3 Å². The van der Waals surface area contributed by atoms with Crippen LogP contribution in [0.4, 0.5) is 0 Å². The number of aliphatic carboxylic acids is 1. The predicted octanol–water partition coefficient (Wildman–Crippen LogP) is 11.2. The molecule has 306 valence electrons. The average Bonchev–Trinajstić information content (AvgIpc) is 3.11. The van der Waals surface area contributed by atoms with Gasteiger partial charge in [-0.25, -0.2) is 4.79 Å². The van der Waals surface area contributed by atoms with E-state index in [1.807, 2.05) is 21.1 Å². The SMILES string of the molecule is CC/C=C/C/C=C/CCCCC(=O)OC(COCCC(C(=O)O)[N+](C)(C)C)COC(=O)CCCCCCCCCCCC/C=C/C=C/CCCCCC. The number of ether oxygens (including phenoxy) is 3. The molecule has 0 aromatic heterocycles. The van der Waals surface area contributed by atoms with Gasteiger partial charge in [-0.3, -0.25) is 9.59 Å². The van der Waals surface area contributed by atoms with E-state index in [-0.39, 0.29) is 42.7 Å². The van der Waals surface area contributed by atoms with Crippen LogP contribution in [0, 0.1) is 0 Å². The Labute approximate surface area is 325 Å². The molecule has 8 heteroatoms. The molecule has 0 aliphatic rings. The molecule has 0 saturated carbocycles. The first-order valence-corrected chi connectivity index (χ1v) is 21.2. The van der Waals surface area contributed by atoms with Gasteiger partial charge in [-0.1, -0.05) is 133 Å². The van der Waals surface area contributed by atoms with Gasteiger partial charge in [0.05, 0.1) is 34.4 Å². The number of unbranched alkanes of at least 4 members (excludes halogenated alkanes) is 16. The minimum Gasteiger partial charge on any atom is -0.477 e. The topological polar surface area (TPSA) is 99.1 Å². The van der Waals surface area contributed by atoms with Crippen molar-refractivity contribution in [1.29, 1.82) is 0 Å². The lowest BCUT2D eigenvalue weighted by molar-refractivity contribution is -0.887. The first-order valence-electron chi connectivity index (χ1n) is 21.2. The monoisotopic (exact) mass is 747 g/mol. The third-order valence-corrected chi connectivity index (χ3v) is 9.24. The van der Waals surface area contributed by atoms with Gasteiger partial charge in [-0.2, -0.15) is 0 Å². The molecule has 0 aromatic carbocycles. The Morgan fingerprint density at radius 2 is 1.11 bits per heavy atom. The predicted molar refractivity (Wildman–Crippen MR) is 220 cm³/mol. The number of carboxylic acids is 1. The lowest BCUT2D eigenvalue weighted by Crippen LogP contribution is -2.50. The standard InChI is InChI=1S/C45H79NO7/c1-6-8-10-12-14-16-17-18-19-20-21-22-23-24-25-26-28-29-31-33-35-43(47)52-40-41(39-51-38-37-42(45(49)50)46(3,4)5)53-44(48)36-34-32-30-27-15-13-11-9-7-2/h9,11,15-19,27,41-42H,6-8,10,12-14,20-26,28-40H2,1-5H3/p+1/b11-9+,17-16+,19-18+,27-15+. The third-order valence-electron chi connectivity index (χ3n) is 9.24. The summed E-state index contributed by atoms with van der Waals surface area (Å²) in [4.78, 5) is 36.8. The number of nitrogens with zero attached hydrogens (tertiary/aromatic N) is 1. The van der Waals surface area contributed by atoms with Crippen LogP contribution in [-0.2, 0) is 28.6 Å². The quantitative estimate of drug-likeness (QED) is 0.0222. The number of hydrogen-bond donors (Lipinski definition) is 1. The van der Waals surface area contributed by atoms with E-state index < -0.39 is 18.1 Å². The second-order valence-electron chi connectivity index (χ2n) is 15.2. The lowest BCUT2D eigenvalue weighted by atomic mass is 10.1. The number of likely N-dealkylation sites (N-methyl/N-ethyl adjacent to an activating group) is 1. The van der Waals surface area contributed by atoms with Crippen LogP contribution >= 0.6 is 0 Å². The molecule has 0 amide bonds. The van der Waals surface area contributed by atoms with E-state index in [0.717, 1.165) is 44.9 Å². The van der Waals surface area contributed by atoms with E-state index in [1.165, 1.54) is 83.5 Å². The maximum absolute atomic E-state index is 12.6. The molecule has 0 bridgehead atoms. The summed E-state index contributed by atoms with van der Waals surface area (Å²) in [5.74, 6) is -1.52. The fourth-order valence-electron chi connectivity index (χ4n) is 5.94. The molecule has 0 spiro atoms. The second-order valence-corrected chi connectivity index (χ2v) is 15.2. The van der Waals surface area contributed by atoms with Gasteiger partial charge in [0.15, 0.2) is 12.1 Å². The normalized spacial score (nSPS) is 13.5. The van der Waals surface area contributed by atoms with Crippen LogP contribution in [0.25, 0.3) is 0 Å². The van der Waals surface area contributed by atoms with Crippen molar-refractivity contribution in [3.05, 3.63) is 48.6 Å². The van der Waals surface area contributed by atoms with Crippen molar-refractivity contribution >= 4 is 17.9 Å². The fraction of sp³-hybridized carbons (Fsp3) is 0.756. The molecule has 53 heavy (non-hydrogen) atoms. The molecule has 2 unspecified atom stereocenters. The number of allylic oxidation sites excluding steroid dienone is 8. The minimum absolute atomic E-state index is 0.0461. The van der Waals surface area contributed by atoms with E-state index in [0.29, 0.717) is 19.3 Å². The van der Waals surface area contributed by atoms with Crippen LogP contribution in [0.15, 0.2) is 48.6 Å². The number of carbonyl (C=O) groups is 3. The van der Waals surface area contributed by atoms with Gasteiger partial charge in [-0.05, 0) is 64.2 Å². The van der Waals surface area contributed by atoms with Gasteiger partial charge in [-0.15, -0.1) is 0 Å². The molecule has 0 rings (SSSR count). The van der Waals surface area contributed by atoms with E-state index in [4.69, 9.17) is 14.2 Å². The number of rotatable bonds is 37. The second kappa shape index (κ2) is 36.3. The lowest BCUT2D eigenvalue weighted by Gasteiger charge is -2.31. The largest absolute Gasteiger partial charge is 0.477 e. The Hall–Kier alpha value is -2.71. The highest BCUT2D eigenvalue weighted by Gasteiger charge is 2.31. The van der Waals surface area contributed by atoms with Crippen molar-refractivity contribution in [3.8, 4) is 0 Å². The van der Waals surface area contributed by atoms with E-state index >= 15 is 0 Å². The van der Waals surface area contributed by atoms with Gasteiger partial charge in [0.2, 0.25) is 0 Å². The van der Waals surface area contributed by atoms with Gasteiger partial charge >= 0.3 is 17.9 Å². The summed E-state index contributed by atoms with van der Waals surface area (Å²) in [6.07, 6.45) is 41.7. The van der Waals surface area contributed by atoms with E-state index in [1.54, 1.807) is 0 Å². The smallest absolute Gasteiger partial charge is 0.362 e. The van der Waals surface area contributed by atoms with Crippen molar-refractivity contribution in [2.75, 3.05) is 41.0 Å². The fourth-order valence-corrected chi connectivity index (χ4v) is 5.94. The summed E-state index contributed by atoms with van der Waals surface area (Å²) in [5.41, 5.74) is 0. The highest BCUT2D eigenvalue weighted by molar-refractivity contribution is 5.72. The minimum atomic E-state index is -0.883. The van der Waals surface area contributed by atoms with Crippen LogP contribution in [0.1, 0.15) is 168 Å². The Bertz CT molecular complexity index is 1010. The highest BCUT2D eigenvalue weighted by Crippen LogP contribution is 2.14. The average molecular weight is 747 g/mol. The molecule has 0 aliphatic carbocycles. The van der Waals surface area contributed by atoms with Crippen molar-refractivity contribution in [2.24, 2.45) is 0 Å². The van der Waals surface area contributed by atoms with Crippen molar-refractivity contribution in [2.45, 2.75) is 180 Å². The van der Waals surface area contributed by atoms with Gasteiger partial charge < -0.3 is 23.8 Å². The molecule has 0 radical (unpaired) electrons. The molecule has 0 saturated heterocycles. The summed E-state index contributed by atoms with van der Waals surface area (Å²) in [5, 5.41) is 9.59. The Kier molecular flexibility index (Phi) is 34.4. The highest BCUT2D eigenvalue weighted by atomic mass is 16.6. The zero-order valence-electron chi connectivity index (χ0n) is 34.7. The first-order chi connectivity index (χ1) is 25.6. The number of esters is 2. The summed E-state index contributed by atoms with van der Waals surface area (Å²) in [6.45, 7) is 4.54. The summed E-state index contributed by atoms with van der Waals surface area (Å²) >= 11 is 0. The van der Waals surface area contributed by atoms with Crippen LogP contribution < -0.4 is 0 Å². The number of carbonyl (C=O) groups excluding carboxylic acids is 2. The van der Waals surface area contributed by atoms with Crippen molar-refractivity contribution in [1.82, 2.24) is 0 Å². The van der Waals surface area contributed by atoms with Crippen molar-refractivity contribution < 1.29 is 38.2 Å². The van der Waals surface area contributed by atoms with E-state index in [2.05, 4.69) is 62.5 Å².